The van der Waals surface area contributed by atoms with Crippen molar-refractivity contribution in [2.75, 3.05) is 30.8 Å². The van der Waals surface area contributed by atoms with Crippen LogP contribution in [0.4, 0.5) is 11.4 Å². The predicted molar refractivity (Wildman–Crippen MR) is 76.4 cm³/mol. The molecule has 1 aliphatic rings. The fourth-order valence-corrected chi connectivity index (χ4v) is 2.08. The summed E-state index contributed by atoms with van der Waals surface area (Å²) in [5.41, 5.74) is 12.2. The topological polar surface area (TPSA) is 90.4 Å². The molecule has 1 amide bonds. The third-order valence-electron chi connectivity index (χ3n) is 2.98. The van der Waals surface area contributed by atoms with Gasteiger partial charge in [0, 0.05) is 18.8 Å². The van der Waals surface area contributed by atoms with E-state index in [2.05, 4.69) is 5.32 Å². The summed E-state index contributed by atoms with van der Waals surface area (Å²) in [6.45, 7) is 1.94. The molecule has 2 rings (SSSR count). The molecule has 1 aromatic rings. The van der Waals surface area contributed by atoms with Gasteiger partial charge in [0.25, 0.3) is 5.91 Å². The molecule has 19 heavy (non-hydrogen) atoms. The van der Waals surface area contributed by atoms with Crippen LogP contribution in [0.5, 0.6) is 0 Å². The highest BCUT2D eigenvalue weighted by Gasteiger charge is 2.21. The molecule has 0 heterocycles. The van der Waals surface area contributed by atoms with Crippen LogP contribution in [0.3, 0.4) is 0 Å². The van der Waals surface area contributed by atoms with Crippen molar-refractivity contribution in [3.63, 3.8) is 0 Å². The molecule has 1 saturated carbocycles. The van der Waals surface area contributed by atoms with Gasteiger partial charge in [0.15, 0.2) is 0 Å². The van der Waals surface area contributed by atoms with Crippen molar-refractivity contribution in [2.45, 2.75) is 12.8 Å². The van der Waals surface area contributed by atoms with E-state index in [0.717, 1.165) is 12.5 Å². The number of benzene rings is 1. The first-order valence-electron chi connectivity index (χ1n) is 6.28. The smallest absolute Gasteiger partial charge is 0.250 e. The molecular formula is C13H18ClN3O2. The predicted octanol–water partition coefficient (Wildman–Crippen LogP) is 1.86. The number of nitrogens with one attached hydrogen (secondary N) is 1. The molecular weight excluding hydrogens is 266 g/mol. The van der Waals surface area contributed by atoms with Gasteiger partial charge in [-0.3, -0.25) is 4.79 Å². The third-order valence-corrected chi connectivity index (χ3v) is 3.27. The zero-order valence-electron chi connectivity index (χ0n) is 10.6. The van der Waals surface area contributed by atoms with Crippen LogP contribution in [0.2, 0.25) is 5.02 Å². The van der Waals surface area contributed by atoms with Gasteiger partial charge in [0.2, 0.25) is 0 Å². The van der Waals surface area contributed by atoms with E-state index >= 15 is 0 Å². The van der Waals surface area contributed by atoms with Gasteiger partial charge in [-0.2, -0.15) is 0 Å². The average molecular weight is 284 g/mol. The second-order valence-electron chi connectivity index (χ2n) is 4.73. The van der Waals surface area contributed by atoms with E-state index in [-0.39, 0.29) is 0 Å². The molecule has 0 aromatic heterocycles. The molecule has 1 aromatic carbocycles. The van der Waals surface area contributed by atoms with E-state index in [1.54, 1.807) is 6.07 Å². The molecule has 0 unspecified atom stereocenters. The molecule has 1 aliphatic carbocycles. The number of ether oxygens (including phenoxy) is 1. The number of rotatable bonds is 7. The Morgan fingerprint density at radius 3 is 2.84 bits per heavy atom. The second-order valence-corrected chi connectivity index (χ2v) is 5.14. The number of hydrogen-bond acceptors (Lipinski definition) is 4. The van der Waals surface area contributed by atoms with Crippen molar-refractivity contribution in [3.05, 3.63) is 22.7 Å². The van der Waals surface area contributed by atoms with Crippen LogP contribution < -0.4 is 16.8 Å². The maximum absolute atomic E-state index is 11.3. The van der Waals surface area contributed by atoms with E-state index in [1.165, 1.54) is 18.9 Å². The first kappa shape index (κ1) is 14.0. The zero-order valence-corrected chi connectivity index (χ0v) is 11.4. The Kier molecular flexibility index (Phi) is 4.50. The molecule has 104 valence electrons. The molecule has 0 bridgehead atoms. The summed E-state index contributed by atoms with van der Waals surface area (Å²) in [6, 6.07) is 3.10. The highest BCUT2D eigenvalue weighted by Crippen LogP contribution is 2.29. The van der Waals surface area contributed by atoms with Crippen molar-refractivity contribution < 1.29 is 9.53 Å². The van der Waals surface area contributed by atoms with Gasteiger partial charge >= 0.3 is 0 Å². The Bertz CT molecular complexity index is 475. The van der Waals surface area contributed by atoms with Crippen LogP contribution >= 0.6 is 11.6 Å². The first-order valence-corrected chi connectivity index (χ1v) is 6.66. The lowest BCUT2D eigenvalue weighted by molar-refractivity contribution is 0.100. The minimum atomic E-state index is -0.560. The lowest BCUT2D eigenvalue weighted by Gasteiger charge is -2.13. The molecule has 0 spiro atoms. The average Bonchev–Trinajstić information content (AvgIpc) is 3.14. The Labute approximate surface area is 117 Å². The summed E-state index contributed by atoms with van der Waals surface area (Å²) in [7, 11) is 0. The molecule has 5 nitrogen and oxygen atoms in total. The summed E-state index contributed by atoms with van der Waals surface area (Å²) in [4.78, 5) is 11.3. The summed E-state index contributed by atoms with van der Waals surface area (Å²) in [5, 5.41) is 3.46. The Morgan fingerprint density at radius 2 is 2.21 bits per heavy atom. The molecule has 0 radical (unpaired) electrons. The number of nitrogens with two attached hydrogens (primary N) is 2. The van der Waals surface area contributed by atoms with Gasteiger partial charge in [-0.05, 0) is 30.9 Å². The molecule has 5 N–H and O–H groups in total. The first-order chi connectivity index (χ1) is 9.08. The van der Waals surface area contributed by atoms with Crippen molar-refractivity contribution >= 4 is 28.9 Å². The maximum atomic E-state index is 11.3. The molecule has 0 saturated heterocycles. The number of carbonyl (C=O) groups is 1. The summed E-state index contributed by atoms with van der Waals surface area (Å²) >= 11 is 6.06. The van der Waals surface area contributed by atoms with E-state index in [0.29, 0.717) is 35.1 Å². The SMILES string of the molecule is NC(=O)c1cc(N)cc(Cl)c1NCCOCC1CC1. The Morgan fingerprint density at radius 1 is 1.47 bits per heavy atom. The standard InChI is InChI=1S/C13H18ClN3O2/c14-11-6-9(15)5-10(13(16)18)12(11)17-3-4-19-7-8-1-2-8/h5-6,8,17H,1-4,7,15H2,(H2,16,18). The minimum Gasteiger partial charge on any atom is -0.399 e. The normalized spacial score (nSPS) is 14.4. The monoisotopic (exact) mass is 283 g/mol. The number of halogens is 1. The van der Waals surface area contributed by atoms with Crippen molar-refractivity contribution in [1.29, 1.82) is 0 Å². The Hall–Kier alpha value is -1.46. The van der Waals surface area contributed by atoms with E-state index < -0.39 is 5.91 Å². The highest BCUT2D eigenvalue weighted by atomic mass is 35.5. The molecule has 1 fully saturated rings. The van der Waals surface area contributed by atoms with Crippen LogP contribution in [-0.2, 0) is 4.74 Å². The fourth-order valence-electron chi connectivity index (χ4n) is 1.78. The third kappa shape index (κ3) is 4.01. The van der Waals surface area contributed by atoms with Crippen LogP contribution in [-0.4, -0.2) is 25.7 Å². The minimum absolute atomic E-state index is 0.298. The molecule has 0 atom stereocenters. The van der Waals surface area contributed by atoms with Crippen molar-refractivity contribution in [3.8, 4) is 0 Å². The molecule has 6 heteroatoms. The van der Waals surface area contributed by atoms with Gasteiger partial charge in [0.1, 0.15) is 0 Å². The van der Waals surface area contributed by atoms with E-state index in [4.69, 9.17) is 27.8 Å². The lowest BCUT2D eigenvalue weighted by atomic mass is 10.1. The number of anilines is 2. The van der Waals surface area contributed by atoms with Crippen LogP contribution in [0.25, 0.3) is 0 Å². The van der Waals surface area contributed by atoms with E-state index in [1.807, 2.05) is 0 Å². The number of carbonyl (C=O) groups excluding carboxylic acids is 1. The van der Waals surface area contributed by atoms with Gasteiger partial charge in [0.05, 0.1) is 22.9 Å². The van der Waals surface area contributed by atoms with Crippen LogP contribution in [0.1, 0.15) is 23.2 Å². The van der Waals surface area contributed by atoms with Gasteiger partial charge in [-0.15, -0.1) is 0 Å². The van der Waals surface area contributed by atoms with Crippen LogP contribution in [0.15, 0.2) is 12.1 Å². The molecule has 0 aliphatic heterocycles. The summed E-state index contributed by atoms with van der Waals surface area (Å²) < 4.78 is 5.50. The Balaban J connectivity index is 1.91. The number of hydrogen-bond donors (Lipinski definition) is 3. The van der Waals surface area contributed by atoms with E-state index in [9.17, 15) is 4.79 Å². The van der Waals surface area contributed by atoms with Crippen molar-refractivity contribution in [2.24, 2.45) is 11.7 Å². The zero-order chi connectivity index (χ0) is 13.8. The van der Waals surface area contributed by atoms with Gasteiger partial charge < -0.3 is 21.5 Å². The number of nitrogen functional groups attached to an aromatic ring is 1. The summed E-state index contributed by atoms with van der Waals surface area (Å²) in [5.74, 6) is 0.178. The quantitative estimate of drug-likeness (QED) is 0.526. The summed E-state index contributed by atoms with van der Waals surface area (Å²) in [6.07, 6.45) is 2.53. The largest absolute Gasteiger partial charge is 0.399 e. The van der Waals surface area contributed by atoms with Crippen molar-refractivity contribution in [1.82, 2.24) is 0 Å². The highest BCUT2D eigenvalue weighted by molar-refractivity contribution is 6.34. The number of amides is 1. The second kappa shape index (κ2) is 6.12. The number of primary amides is 1. The maximum Gasteiger partial charge on any atom is 0.250 e. The van der Waals surface area contributed by atoms with Crippen LogP contribution in [0, 0.1) is 5.92 Å². The van der Waals surface area contributed by atoms with Gasteiger partial charge in [-0.1, -0.05) is 11.6 Å². The lowest BCUT2D eigenvalue weighted by Crippen LogP contribution is -2.17. The fraction of sp³-hybridized carbons (Fsp3) is 0.462. The van der Waals surface area contributed by atoms with Gasteiger partial charge in [-0.25, -0.2) is 0 Å².